The van der Waals surface area contributed by atoms with Crippen LogP contribution in [-0.4, -0.2) is 35.0 Å². The molecule has 0 saturated carbocycles. The van der Waals surface area contributed by atoms with Crippen molar-refractivity contribution >= 4 is 55.1 Å². The van der Waals surface area contributed by atoms with Crippen molar-refractivity contribution in [2.75, 3.05) is 13.1 Å². The molecular formula is C11H11Br2NO3S. The van der Waals surface area contributed by atoms with Crippen molar-refractivity contribution in [3.05, 3.63) is 19.2 Å². The van der Waals surface area contributed by atoms with Crippen LogP contribution in [0.2, 0.25) is 0 Å². The van der Waals surface area contributed by atoms with Crippen molar-refractivity contribution in [2.24, 2.45) is 5.92 Å². The Labute approximate surface area is 125 Å². The summed E-state index contributed by atoms with van der Waals surface area (Å²) >= 11 is 8.05. The number of halogens is 2. The number of hydrogen-bond donors (Lipinski definition) is 1. The number of rotatable bonds is 2. The largest absolute Gasteiger partial charge is 0.481 e. The summed E-state index contributed by atoms with van der Waals surface area (Å²) in [5.41, 5.74) is 0. The third-order valence-electron chi connectivity index (χ3n) is 2.91. The maximum absolute atomic E-state index is 12.2. The van der Waals surface area contributed by atoms with Gasteiger partial charge in [0, 0.05) is 17.6 Å². The second-order valence-electron chi connectivity index (χ2n) is 4.16. The summed E-state index contributed by atoms with van der Waals surface area (Å²) in [5.74, 6) is -1.34. The van der Waals surface area contributed by atoms with E-state index in [1.54, 1.807) is 11.0 Å². The van der Waals surface area contributed by atoms with Crippen LogP contribution in [0.5, 0.6) is 0 Å². The molecule has 0 unspecified atom stereocenters. The predicted molar refractivity (Wildman–Crippen MR) is 76.0 cm³/mol. The topological polar surface area (TPSA) is 57.6 Å². The van der Waals surface area contributed by atoms with Gasteiger partial charge in [0.15, 0.2) is 0 Å². The van der Waals surface area contributed by atoms with Crippen LogP contribution >= 0.6 is 43.2 Å². The zero-order chi connectivity index (χ0) is 13.3. The Hall–Kier alpha value is -0.400. The number of piperidine rings is 1. The van der Waals surface area contributed by atoms with E-state index in [4.69, 9.17) is 5.11 Å². The summed E-state index contributed by atoms with van der Waals surface area (Å²) in [5, 5.41) is 9.01. The second kappa shape index (κ2) is 5.71. The first-order valence-electron chi connectivity index (χ1n) is 5.46. The van der Waals surface area contributed by atoms with Crippen LogP contribution in [0, 0.1) is 5.92 Å². The fourth-order valence-corrected chi connectivity index (χ4v) is 3.97. The highest BCUT2D eigenvalue weighted by Crippen LogP contribution is 2.33. The van der Waals surface area contributed by atoms with Crippen LogP contribution in [0.1, 0.15) is 22.5 Å². The molecule has 1 saturated heterocycles. The van der Waals surface area contributed by atoms with Gasteiger partial charge in [0.05, 0.1) is 14.6 Å². The van der Waals surface area contributed by atoms with Crippen LogP contribution in [0.15, 0.2) is 14.3 Å². The maximum Gasteiger partial charge on any atom is 0.308 e. The molecule has 0 bridgehead atoms. The van der Waals surface area contributed by atoms with Crippen molar-refractivity contribution < 1.29 is 14.7 Å². The van der Waals surface area contributed by atoms with Crippen molar-refractivity contribution in [2.45, 2.75) is 12.8 Å². The van der Waals surface area contributed by atoms with E-state index in [-0.39, 0.29) is 5.91 Å². The van der Waals surface area contributed by atoms with E-state index < -0.39 is 11.9 Å². The number of aliphatic carboxylic acids is 1. The minimum absolute atomic E-state index is 0.0858. The number of carbonyl (C=O) groups excluding carboxylic acids is 1. The minimum Gasteiger partial charge on any atom is -0.481 e. The van der Waals surface area contributed by atoms with Gasteiger partial charge in [-0.15, -0.1) is 11.3 Å². The quantitative estimate of drug-likeness (QED) is 0.834. The summed E-state index contributed by atoms with van der Waals surface area (Å²) in [6.07, 6.45) is 1.40. The van der Waals surface area contributed by atoms with E-state index in [0.717, 1.165) is 14.7 Å². The predicted octanol–water partition coefficient (Wildman–Crippen LogP) is 3.21. The van der Waals surface area contributed by atoms with Gasteiger partial charge in [-0.25, -0.2) is 0 Å². The molecule has 1 aromatic rings. The van der Waals surface area contributed by atoms with Crippen LogP contribution in [0.4, 0.5) is 0 Å². The Bertz CT molecular complexity index is 469. The lowest BCUT2D eigenvalue weighted by Crippen LogP contribution is -2.42. The van der Waals surface area contributed by atoms with Crippen LogP contribution < -0.4 is 0 Å². The summed E-state index contributed by atoms with van der Waals surface area (Å²) < 4.78 is 1.72. The normalized spacial score (nSPS) is 19.9. The average Bonchev–Trinajstić information content (AvgIpc) is 2.69. The van der Waals surface area contributed by atoms with Gasteiger partial charge in [-0.05, 0) is 50.8 Å². The molecule has 98 valence electrons. The van der Waals surface area contributed by atoms with Gasteiger partial charge in [0.2, 0.25) is 0 Å². The monoisotopic (exact) mass is 395 g/mol. The van der Waals surface area contributed by atoms with Gasteiger partial charge >= 0.3 is 5.97 Å². The van der Waals surface area contributed by atoms with Gasteiger partial charge < -0.3 is 10.0 Å². The summed E-state index contributed by atoms with van der Waals surface area (Å²) in [7, 11) is 0. The molecule has 1 N–H and O–H groups in total. The molecule has 0 radical (unpaired) electrons. The number of carboxylic acid groups (broad SMARTS) is 1. The molecule has 0 aliphatic carbocycles. The summed E-state index contributed by atoms with van der Waals surface area (Å²) in [6.45, 7) is 0.942. The highest BCUT2D eigenvalue weighted by molar-refractivity contribution is 9.13. The molecule has 2 heterocycles. The third-order valence-corrected chi connectivity index (χ3v) is 6.16. The number of thiophene rings is 1. The van der Waals surface area contributed by atoms with Crippen LogP contribution in [-0.2, 0) is 4.79 Å². The molecule has 1 atom stereocenters. The van der Waals surface area contributed by atoms with Gasteiger partial charge in [-0.3, -0.25) is 9.59 Å². The first kappa shape index (κ1) is 14.0. The number of hydrogen-bond acceptors (Lipinski definition) is 3. The number of carboxylic acids is 1. The lowest BCUT2D eigenvalue weighted by Gasteiger charge is -2.30. The molecule has 0 aromatic carbocycles. The van der Waals surface area contributed by atoms with Gasteiger partial charge in [0.25, 0.3) is 5.91 Å². The van der Waals surface area contributed by atoms with E-state index in [2.05, 4.69) is 31.9 Å². The van der Waals surface area contributed by atoms with E-state index in [9.17, 15) is 9.59 Å². The zero-order valence-electron chi connectivity index (χ0n) is 9.36. The molecule has 2 rings (SSSR count). The number of likely N-dealkylation sites (tertiary alicyclic amines) is 1. The molecule has 1 aromatic heterocycles. The molecule has 0 spiro atoms. The van der Waals surface area contributed by atoms with Crippen LogP contribution in [0.3, 0.4) is 0 Å². The first-order valence-corrected chi connectivity index (χ1v) is 7.86. The minimum atomic E-state index is -0.818. The lowest BCUT2D eigenvalue weighted by molar-refractivity contribution is -0.143. The Kier molecular flexibility index (Phi) is 4.45. The highest BCUT2D eigenvalue weighted by Gasteiger charge is 2.29. The van der Waals surface area contributed by atoms with Crippen molar-refractivity contribution in [1.82, 2.24) is 4.90 Å². The molecule has 18 heavy (non-hydrogen) atoms. The molecular weight excluding hydrogens is 386 g/mol. The lowest BCUT2D eigenvalue weighted by atomic mass is 9.98. The van der Waals surface area contributed by atoms with Gasteiger partial charge in [-0.2, -0.15) is 0 Å². The second-order valence-corrected chi connectivity index (χ2v) is 7.39. The first-order chi connectivity index (χ1) is 8.49. The molecule has 1 aliphatic heterocycles. The van der Waals surface area contributed by atoms with Crippen molar-refractivity contribution in [3.63, 3.8) is 0 Å². The number of carbonyl (C=O) groups is 2. The van der Waals surface area contributed by atoms with Gasteiger partial charge in [0.1, 0.15) is 0 Å². The maximum atomic E-state index is 12.2. The van der Waals surface area contributed by atoms with Gasteiger partial charge in [-0.1, -0.05) is 0 Å². The molecule has 1 fully saturated rings. The van der Waals surface area contributed by atoms with E-state index >= 15 is 0 Å². The highest BCUT2D eigenvalue weighted by atomic mass is 79.9. The molecule has 1 amide bonds. The van der Waals surface area contributed by atoms with Crippen molar-refractivity contribution in [3.8, 4) is 0 Å². The molecule has 7 heteroatoms. The molecule has 1 aliphatic rings. The van der Waals surface area contributed by atoms with E-state index in [1.165, 1.54) is 11.3 Å². The van der Waals surface area contributed by atoms with E-state index in [0.29, 0.717) is 24.4 Å². The average molecular weight is 397 g/mol. The third kappa shape index (κ3) is 2.95. The Morgan fingerprint density at radius 1 is 1.44 bits per heavy atom. The fraction of sp³-hybridized carbons (Fsp3) is 0.455. The fourth-order valence-electron chi connectivity index (χ4n) is 1.97. The summed E-state index contributed by atoms with van der Waals surface area (Å²) in [6, 6.07) is 1.77. The Morgan fingerprint density at radius 2 is 2.17 bits per heavy atom. The SMILES string of the molecule is O=C(O)[C@@H]1CCCN(C(=O)c2cc(Br)c(Br)s2)C1. The smallest absolute Gasteiger partial charge is 0.308 e. The standard InChI is InChI=1S/C11H11Br2NO3S/c12-7-4-8(18-9(7)13)10(15)14-3-1-2-6(5-14)11(16)17/h4,6H,1-3,5H2,(H,16,17)/t6-/m1/s1. The zero-order valence-corrected chi connectivity index (χ0v) is 13.3. The number of nitrogens with zero attached hydrogens (tertiary/aromatic N) is 1. The number of amides is 1. The van der Waals surface area contributed by atoms with Crippen molar-refractivity contribution in [1.29, 1.82) is 0 Å². The van der Waals surface area contributed by atoms with Crippen LogP contribution in [0.25, 0.3) is 0 Å². The summed E-state index contributed by atoms with van der Waals surface area (Å²) in [4.78, 5) is 25.5. The Balaban J connectivity index is 2.11. The Morgan fingerprint density at radius 3 is 2.72 bits per heavy atom. The molecule has 4 nitrogen and oxygen atoms in total. The van der Waals surface area contributed by atoms with E-state index in [1.807, 2.05) is 0 Å².